The van der Waals surface area contributed by atoms with Crippen molar-refractivity contribution in [3.63, 3.8) is 0 Å². The van der Waals surface area contributed by atoms with E-state index in [0.717, 1.165) is 11.4 Å². The van der Waals surface area contributed by atoms with Gasteiger partial charge in [0, 0.05) is 23.5 Å². The Bertz CT molecular complexity index is 585. The number of non-ortho nitro benzene ring substituents is 1. The van der Waals surface area contributed by atoms with Crippen molar-refractivity contribution in [3.8, 4) is 0 Å². The molecule has 1 unspecified atom stereocenters. The maximum absolute atomic E-state index is 10.6. The zero-order valence-electron chi connectivity index (χ0n) is 11.4. The van der Waals surface area contributed by atoms with Crippen LogP contribution in [0.4, 0.5) is 5.69 Å². The Balaban J connectivity index is 2.01. The van der Waals surface area contributed by atoms with Crippen LogP contribution in [0.15, 0.2) is 36.4 Å². The summed E-state index contributed by atoms with van der Waals surface area (Å²) in [6.07, 6.45) is -0.725. The summed E-state index contributed by atoms with van der Waals surface area (Å²) in [7, 11) is 0. The van der Waals surface area contributed by atoms with Gasteiger partial charge in [0.15, 0.2) is 0 Å². The van der Waals surface area contributed by atoms with Gasteiger partial charge in [0.05, 0.1) is 17.6 Å². The molecule has 1 atom stereocenters. The van der Waals surface area contributed by atoms with Gasteiger partial charge in [-0.15, -0.1) is 0 Å². The molecule has 6 nitrogen and oxygen atoms in total. The number of aliphatic hydroxyl groups excluding tert-OH is 1. The summed E-state index contributed by atoms with van der Waals surface area (Å²) in [4.78, 5) is 10.1. The minimum atomic E-state index is -0.725. The van der Waals surface area contributed by atoms with Crippen LogP contribution in [-0.2, 0) is 0 Å². The molecule has 1 aromatic carbocycles. The second-order valence-corrected chi connectivity index (χ2v) is 4.68. The predicted molar refractivity (Wildman–Crippen MR) is 76.2 cm³/mol. The highest BCUT2D eigenvalue weighted by Crippen LogP contribution is 2.17. The second kappa shape index (κ2) is 5.75. The van der Waals surface area contributed by atoms with Gasteiger partial charge in [-0.05, 0) is 43.7 Å². The van der Waals surface area contributed by atoms with E-state index < -0.39 is 11.0 Å². The fourth-order valence-electron chi connectivity index (χ4n) is 2.03. The molecule has 20 heavy (non-hydrogen) atoms. The fraction of sp³-hybridized carbons (Fsp3) is 0.286. The quantitative estimate of drug-likeness (QED) is 0.648. The SMILES string of the molecule is Cc1ccc(C)n1NCC(O)c1ccc([N+](=O)[O-])cc1. The van der Waals surface area contributed by atoms with E-state index in [2.05, 4.69) is 5.43 Å². The van der Waals surface area contributed by atoms with E-state index in [1.807, 2.05) is 30.7 Å². The molecule has 0 spiro atoms. The summed E-state index contributed by atoms with van der Waals surface area (Å²) in [5.74, 6) is 0. The first kappa shape index (κ1) is 14.1. The number of aryl methyl sites for hydroxylation is 2. The molecule has 0 saturated heterocycles. The number of rotatable bonds is 5. The number of hydrogen-bond donors (Lipinski definition) is 2. The number of nitro benzene ring substituents is 1. The molecule has 0 amide bonds. The van der Waals surface area contributed by atoms with Gasteiger partial charge in [-0.25, -0.2) is 0 Å². The van der Waals surface area contributed by atoms with Gasteiger partial charge in [-0.2, -0.15) is 0 Å². The van der Waals surface area contributed by atoms with Crippen LogP contribution in [0.25, 0.3) is 0 Å². The number of nitro groups is 1. The van der Waals surface area contributed by atoms with Crippen LogP contribution in [0, 0.1) is 24.0 Å². The van der Waals surface area contributed by atoms with Crippen molar-refractivity contribution in [3.05, 3.63) is 63.5 Å². The molecule has 0 saturated carbocycles. The molecule has 2 N–H and O–H groups in total. The number of hydrogen-bond acceptors (Lipinski definition) is 4. The third-order valence-electron chi connectivity index (χ3n) is 3.20. The van der Waals surface area contributed by atoms with Crippen LogP contribution in [0.1, 0.15) is 23.1 Å². The molecule has 0 aliphatic rings. The number of nitrogens with one attached hydrogen (secondary N) is 1. The normalized spacial score (nSPS) is 12.2. The Hall–Kier alpha value is -2.34. The zero-order chi connectivity index (χ0) is 14.7. The molecule has 0 radical (unpaired) electrons. The average molecular weight is 275 g/mol. The average Bonchev–Trinajstić information content (AvgIpc) is 2.75. The van der Waals surface area contributed by atoms with E-state index in [1.165, 1.54) is 12.1 Å². The highest BCUT2D eigenvalue weighted by molar-refractivity contribution is 5.34. The van der Waals surface area contributed by atoms with Gasteiger partial charge in [0.25, 0.3) is 5.69 Å². The van der Waals surface area contributed by atoms with Gasteiger partial charge in [-0.1, -0.05) is 0 Å². The number of aromatic nitrogens is 1. The van der Waals surface area contributed by atoms with Crippen LogP contribution in [0.2, 0.25) is 0 Å². The Morgan fingerprint density at radius 3 is 2.25 bits per heavy atom. The van der Waals surface area contributed by atoms with Crippen molar-refractivity contribution >= 4 is 5.69 Å². The molecule has 0 bridgehead atoms. The number of benzene rings is 1. The van der Waals surface area contributed by atoms with Crippen LogP contribution in [-0.4, -0.2) is 21.3 Å². The molecular formula is C14H17N3O3. The van der Waals surface area contributed by atoms with Crippen LogP contribution in [0.5, 0.6) is 0 Å². The first-order valence-corrected chi connectivity index (χ1v) is 6.30. The summed E-state index contributed by atoms with van der Waals surface area (Å²) in [6, 6.07) is 9.90. The molecule has 0 aliphatic carbocycles. The van der Waals surface area contributed by atoms with Crippen molar-refractivity contribution in [2.75, 3.05) is 12.0 Å². The second-order valence-electron chi connectivity index (χ2n) is 4.68. The lowest BCUT2D eigenvalue weighted by atomic mass is 10.1. The van der Waals surface area contributed by atoms with Crippen LogP contribution < -0.4 is 5.43 Å². The Morgan fingerprint density at radius 1 is 1.20 bits per heavy atom. The lowest BCUT2D eigenvalue weighted by molar-refractivity contribution is -0.384. The topological polar surface area (TPSA) is 80.3 Å². The van der Waals surface area contributed by atoms with E-state index >= 15 is 0 Å². The van der Waals surface area contributed by atoms with E-state index in [1.54, 1.807) is 12.1 Å². The van der Waals surface area contributed by atoms with Crippen molar-refractivity contribution < 1.29 is 10.0 Å². The monoisotopic (exact) mass is 275 g/mol. The Labute approximate surface area is 116 Å². The lowest BCUT2D eigenvalue weighted by Gasteiger charge is -2.16. The molecular weight excluding hydrogens is 258 g/mol. The molecule has 1 aromatic heterocycles. The van der Waals surface area contributed by atoms with Crippen molar-refractivity contribution in [1.82, 2.24) is 4.68 Å². The first-order chi connectivity index (χ1) is 9.49. The summed E-state index contributed by atoms with van der Waals surface area (Å²) in [5.41, 5.74) is 5.90. The molecule has 6 heteroatoms. The minimum Gasteiger partial charge on any atom is -0.387 e. The van der Waals surface area contributed by atoms with Crippen molar-refractivity contribution in [2.45, 2.75) is 20.0 Å². The largest absolute Gasteiger partial charge is 0.387 e. The standard InChI is InChI=1S/C14H17N3O3/c1-10-3-4-11(2)16(10)15-9-14(18)12-5-7-13(8-6-12)17(19)20/h3-8,14-15,18H,9H2,1-2H3. The molecule has 106 valence electrons. The Kier molecular flexibility index (Phi) is 4.05. The third kappa shape index (κ3) is 2.97. The zero-order valence-corrected chi connectivity index (χ0v) is 11.4. The third-order valence-corrected chi connectivity index (χ3v) is 3.20. The van der Waals surface area contributed by atoms with E-state index in [4.69, 9.17) is 0 Å². The van der Waals surface area contributed by atoms with Gasteiger partial charge in [0.2, 0.25) is 0 Å². The lowest BCUT2D eigenvalue weighted by Crippen LogP contribution is -2.23. The summed E-state index contributed by atoms with van der Waals surface area (Å²) < 4.78 is 1.90. The van der Waals surface area contributed by atoms with Gasteiger partial charge in [0.1, 0.15) is 0 Å². The van der Waals surface area contributed by atoms with Gasteiger partial charge < -0.3 is 10.5 Å². The molecule has 1 heterocycles. The predicted octanol–water partition coefficient (Wildman–Crippen LogP) is 2.29. The number of aliphatic hydroxyl groups is 1. The van der Waals surface area contributed by atoms with Crippen LogP contribution >= 0.6 is 0 Å². The molecule has 2 aromatic rings. The molecule has 0 fully saturated rings. The highest BCUT2D eigenvalue weighted by Gasteiger charge is 2.11. The maximum Gasteiger partial charge on any atom is 0.269 e. The molecule has 0 aliphatic heterocycles. The van der Waals surface area contributed by atoms with E-state index in [9.17, 15) is 15.2 Å². The van der Waals surface area contributed by atoms with Crippen molar-refractivity contribution in [1.29, 1.82) is 0 Å². The summed E-state index contributed by atoms with van der Waals surface area (Å²) in [6.45, 7) is 4.27. The van der Waals surface area contributed by atoms with Crippen molar-refractivity contribution in [2.24, 2.45) is 0 Å². The van der Waals surface area contributed by atoms with E-state index in [-0.39, 0.29) is 5.69 Å². The smallest absolute Gasteiger partial charge is 0.269 e. The van der Waals surface area contributed by atoms with Gasteiger partial charge in [-0.3, -0.25) is 14.8 Å². The summed E-state index contributed by atoms with van der Waals surface area (Å²) >= 11 is 0. The Morgan fingerprint density at radius 2 is 1.75 bits per heavy atom. The van der Waals surface area contributed by atoms with E-state index in [0.29, 0.717) is 12.1 Å². The fourth-order valence-corrected chi connectivity index (χ4v) is 2.03. The van der Waals surface area contributed by atoms with Gasteiger partial charge >= 0.3 is 0 Å². The minimum absolute atomic E-state index is 0.0195. The number of nitrogens with zero attached hydrogens (tertiary/aromatic N) is 2. The first-order valence-electron chi connectivity index (χ1n) is 6.30. The molecule has 2 rings (SSSR count). The highest BCUT2D eigenvalue weighted by atomic mass is 16.6. The summed E-state index contributed by atoms with van der Waals surface area (Å²) in [5, 5.41) is 20.7. The van der Waals surface area contributed by atoms with Crippen LogP contribution in [0.3, 0.4) is 0 Å². The maximum atomic E-state index is 10.6.